The maximum atomic E-state index is 11.8. The molecular formula is C15H19N3O2. The zero-order valence-corrected chi connectivity index (χ0v) is 11.8. The van der Waals surface area contributed by atoms with Gasteiger partial charge in [0.15, 0.2) is 0 Å². The molecule has 106 valence electrons. The lowest BCUT2D eigenvalue weighted by Gasteiger charge is -2.25. The molecule has 0 aromatic heterocycles. The lowest BCUT2D eigenvalue weighted by molar-refractivity contribution is 0.0602. The van der Waals surface area contributed by atoms with Gasteiger partial charge in [0.1, 0.15) is 0 Å². The number of carbonyl (C=O) groups excluding carboxylic acids is 1. The molecule has 1 aliphatic rings. The van der Waals surface area contributed by atoms with Crippen molar-refractivity contribution in [1.82, 2.24) is 0 Å². The molecule has 0 spiro atoms. The predicted molar refractivity (Wildman–Crippen MR) is 77.5 cm³/mol. The largest absolute Gasteiger partial charge is 0.465 e. The first-order chi connectivity index (χ1) is 9.58. The molecule has 0 bridgehead atoms. The Kier molecular flexibility index (Phi) is 4.14. The fraction of sp³-hybridized carbons (Fsp3) is 0.467. The SMILES string of the molecule is COC(=O)c1cc(N(CCC#N)C2CC2)cc(C)c1N. The number of nitrogen functional groups attached to an aromatic ring is 1. The maximum Gasteiger partial charge on any atom is 0.340 e. The van der Waals surface area contributed by atoms with Gasteiger partial charge in [0.25, 0.3) is 0 Å². The van der Waals surface area contributed by atoms with Crippen molar-refractivity contribution in [2.45, 2.75) is 32.2 Å². The number of esters is 1. The number of methoxy groups -OCH3 is 1. The van der Waals surface area contributed by atoms with Crippen LogP contribution in [0.4, 0.5) is 11.4 Å². The first kappa shape index (κ1) is 14.2. The van der Waals surface area contributed by atoms with Gasteiger partial charge in [0.05, 0.1) is 25.2 Å². The van der Waals surface area contributed by atoms with Crippen LogP contribution in [0.5, 0.6) is 0 Å². The number of benzene rings is 1. The monoisotopic (exact) mass is 273 g/mol. The molecule has 0 aliphatic heterocycles. The summed E-state index contributed by atoms with van der Waals surface area (Å²) in [6, 6.07) is 6.37. The number of hydrogen-bond acceptors (Lipinski definition) is 5. The highest BCUT2D eigenvalue weighted by atomic mass is 16.5. The molecule has 0 heterocycles. The summed E-state index contributed by atoms with van der Waals surface area (Å²) in [6.07, 6.45) is 2.72. The fourth-order valence-electron chi connectivity index (χ4n) is 2.30. The van der Waals surface area contributed by atoms with Gasteiger partial charge in [-0.1, -0.05) is 0 Å². The Hall–Kier alpha value is -2.22. The van der Waals surface area contributed by atoms with E-state index in [2.05, 4.69) is 11.0 Å². The van der Waals surface area contributed by atoms with E-state index in [-0.39, 0.29) is 0 Å². The third kappa shape index (κ3) is 2.85. The van der Waals surface area contributed by atoms with Crippen molar-refractivity contribution in [3.8, 4) is 6.07 Å². The second-order valence-electron chi connectivity index (χ2n) is 5.05. The van der Waals surface area contributed by atoms with Crippen molar-refractivity contribution < 1.29 is 9.53 Å². The standard InChI is InChI=1S/C15H19N3O2/c1-10-8-12(9-13(14(10)17)15(19)20-2)18(7-3-6-16)11-4-5-11/h8-9,11H,3-5,7,17H2,1-2H3. The van der Waals surface area contributed by atoms with Crippen LogP contribution in [0.1, 0.15) is 35.2 Å². The highest BCUT2D eigenvalue weighted by Gasteiger charge is 2.30. The van der Waals surface area contributed by atoms with Crippen LogP contribution in [0.15, 0.2) is 12.1 Å². The summed E-state index contributed by atoms with van der Waals surface area (Å²) >= 11 is 0. The number of nitrogens with zero attached hydrogens (tertiary/aromatic N) is 2. The summed E-state index contributed by atoms with van der Waals surface area (Å²) in [4.78, 5) is 14.0. The Bertz CT molecular complexity index is 559. The summed E-state index contributed by atoms with van der Waals surface area (Å²) in [5.41, 5.74) is 8.59. The number of hydrogen-bond donors (Lipinski definition) is 1. The van der Waals surface area contributed by atoms with Crippen molar-refractivity contribution in [2.75, 3.05) is 24.3 Å². The molecule has 1 aromatic carbocycles. The zero-order valence-electron chi connectivity index (χ0n) is 11.8. The van der Waals surface area contributed by atoms with Crippen molar-refractivity contribution in [1.29, 1.82) is 5.26 Å². The zero-order chi connectivity index (χ0) is 14.7. The average Bonchev–Trinajstić information content (AvgIpc) is 3.26. The van der Waals surface area contributed by atoms with E-state index < -0.39 is 5.97 Å². The van der Waals surface area contributed by atoms with Crippen LogP contribution in [0.2, 0.25) is 0 Å². The van der Waals surface area contributed by atoms with E-state index in [1.807, 2.05) is 13.0 Å². The number of carbonyl (C=O) groups is 1. The quantitative estimate of drug-likeness (QED) is 0.657. The molecule has 2 rings (SSSR count). The van der Waals surface area contributed by atoms with Gasteiger partial charge in [0, 0.05) is 24.0 Å². The molecule has 2 N–H and O–H groups in total. The Morgan fingerprint density at radius 3 is 2.80 bits per heavy atom. The molecule has 1 aromatic rings. The second kappa shape index (κ2) is 5.83. The highest BCUT2D eigenvalue weighted by molar-refractivity contribution is 5.97. The smallest absolute Gasteiger partial charge is 0.340 e. The number of aryl methyl sites for hydroxylation is 1. The second-order valence-corrected chi connectivity index (χ2v) is 5.05. The number of nitriles is 1. The van der Waals surface area contributed by atoms with Crippen LogP contribution < -0.4 is 10.6 Å². The van der Waals surface area contributed by atoms with Crippen molar-refractivity contribution in [3.63, 3.8) is 0 Å². The molecule has 0 saturated heterocycles. The molecule has 0 atom stereocenters. The first-order valence-electron chi connectivity index (χ1n) is 6.70. The van der Waals surface area contributed by atoms with E-state index in [9.17, 15) is 4.79 Å². The summed E-state index contributed by atoms with van der Waals surface area (Å²) in [5, 5.41) is 8.77. The number of nitrogens with two attached hydrogens (primary N) is 1. The van der Waals surface area contributed by atoms with Crippen LogP contribution in [0.3, 0.4) is 0 Å². The minimum absolute atomic E-state index is 0.394. The summed E-state index contributed by atoms with van der Waals surface area (Å²) < 4.78 is 4.77. The van der Waals surface area contributed by atoms with Crippen LogP contribution in [-0.4, -0.2) is 25.7 Å². The average molecular weight is 273 g/mol. The summed E-state index contributed by atoms with van der Waals surface area (Å²) in [7, 11) is 1.35. The summed E-state index contributed by atoms with van der Waals surface area (Å²) in [5.74, 6) is -0.427. The Balaban J connectivity index is 2.37. The lowest BCUT2D eigenvalue weighted by atomic mass is 10.1. The molecular weight excluding hydrogens is 254 g/mol. The number of ether oxygens (including phenoxy) is 1. The van der Waals surface area contributed by atoms with Gasteiger partial charge in [-0.15, -0.1) is 0 Å². The molecule has 20 heavy (non-hydrogen) atoms. The van der Waals surface area contributed by atoms with E-state index >= 15 is 0 Å². The van der Waals surface area contributed by atoms with Gasteiger partial charge < -0.3 is 15.4 Å². The van der Waals surface area contributed by atoms with Crippen LogP contribution >= 0.6 is 0 Å². The van der Waals surface area contributed by atoms with E-state index in [1.165, 1.54) is 7.11 Å². The minimum Gasteiger partial charge on any atom is -0.465 e. The van der Waals surface area contributed by atoms with Gasteiger partial charge >= 0.3 is 5.97 Å². The first-order valence-corrected chi connectivity index (χ1v) is 6.70. The van der Waals surface area contributed by atoms with Crippen molar-refractivity contribution >= 4 is 17.3 Å². The molecule has 0 unspecified atom stereocenters. The predicted octanol–water partition coefficient (Wildman–Crippen LogP) is 2.25. The third-order valence-electron chi connectivity index (χ3n) is 3.56. The van der Waals surface area contributed by atoms with E-state index in [0.717, 1.165) is 24.1 Å². The van der Waals surface area contributed by atoms with Gasteiger partial charge in [0.2, 0.25) is 0 Å². The van der Waals surface area contributed by atoms with Crippen molar-refractivity contribution in [2.24, 2.45) is 0 Å². The highest BCUT2D eigenvalue weighted by Crippen LogP contribution is 2.34. The maximum absolute atomic E-state index is 11.8. The molecule has 1 saturated carbocycles. The van der Waals surface area contributed by atoms with Crippen LogP contribution in [0.25, 0.3) is 0 Å². The molecule has 5 nitrogen and oxygen atoms in total. The van der Waals surface area contributed by atoms with E-state index in [4.69, 9.17) is 15.7 Å². The third-order valence-corrected chi connectivity index (χ3v) is 3.56. The van der Waals surface area contributed by atoms with Crippen LogP contribution in [-0.2, 0) is 4.74 Å². The fourth-order valence-corrected chi connectivity index (χ4v) is 2.30. The number of rotatable bonds is 5. The van der Waals surface area contributed by atoms with Gasteiger partial charge in [-0.2, -0.15) is 5.26 Å². The van der Waals surface area contributed by atoms with Gasteiger partial charge in [-0.3, -0.25) is 0 Å². The Labute approximate surface area is 118 Å². The van der Waals surface area contributed by atoms with Gasteiger partial charge in [-0.05, 0) is 37.5 Å². The molecule has 0 radical (unpaired) electrons. The molecule has 5 heteroatoms. The van der Waals surface area contributed by atoms with E-state index in [1.54, 1.807) is 6.07 Å². The molecule has 1 aliphatic carbocycles. The van der Waals surface area contributed by atoms with Crippen LogP contribution in [0, 0.1) is 18.3 Å². The molecule has 0 amide bonds. The van der Waals surface area contributed by atoms with E-state index in [0.29, 0.717) is 30.3 Å². The lowest BCUT2D eigenvalue weighted by Crippen LogP contribution is -2.27. The molecule has 1 fully saturated rings. The number of anilines is 2. The Morgan fingerprint density at radius 2 is 2.25 bits per heavy atom. The van der Waals surface area contributed by atoms with Gasteiger partial charge in [-0.25, -0.2) is 4.79 Å². The topological polar surface area (TPSA) is 79.3 Å². The minimum atomic E-state index is -0.427. The van der Waals surface area contributed by atoms with Crippen molar-refractivity contribution in [3.05, 3.63) is 23.3 Å². The Morgan fingerprint density at radius 1 is 1.55 bits per heavy atom. The normalized spacial score (nSPS) is 13.7. The summed E-state index contributed by atoms with van der Waals surface area (Å²) in [6.45, 7) is 2.55.